The first-order chi connectivity index (χ1) is 17.4. The van der Waals surface area contributed by atoms with Crippen molar-refractivity contribution in [1.82, 2.24) is 15.1 Å². The summed E-state index contributed by atoms with van der Waals surface area (Å²) in [4.78, 5) is 55.3. The number of hydrogen-bond acceptors (Lipinski definition) is 7. The molecule has 0 aromatic heterocycles. The molecule has 1 unspecified atom stereocenters. The number of piperidine rings is 1. The smallest absolute Gasteiger partial charge is 0.262 e. The Kier molecular flexibility index (Phi) is 6.44. The molecule has 1 atom stereocenters. The first-order valence-corrected chi connectivity index (χ1v) is 11.9. The van der Waals surface area contributed by atoms with E-state index >= 15 is 0 Å². The number of carbonyl (C=O) groups excluding carboxylic acids is 4. The van der Waals surface area contributed by atoms with Crippen molar-refractivity contribution in [3.05, 3.63) is 59.2 Å². The average molecular weight is 487 g/mol. The van der Waals surface area contributed by atoms with E-state index in [1.54, 1.807) is 12.1 Å². The summed E-state index contributed by atoms with van der Waals surface area (Å²) < 4.78 is 5.42. The van der Waals surface area contributed by atoms with Gasteiger partial charge in [0.05, 0.1) is 11.1 Å². The number of anilines is 1. The number of nitrogens with one attached hydrogen (secondary N) is 1. The molecule has 5 rings (SSSR count). The van der Waals surface area contributed by atoms with E-state index in [-0.39, 0.29) is 25.4 Å². The van der Waals surface area contributed by atoms with E-state index in [0.717, 1.165) is 49.1 Å². The highest BCUT2D eigenvalue weighted by Gasteiger charge is 2.44. The molecule has 184 valence electrons. The highest BCUT2D eigenvalue weighted by Crippen LogP contribution is 2.31. The third-order valence-corrected chi connectivity index (χ3v) is 6.81. The molecule has 9 nitrogen and oxygen atoms in total. The lowest BCUT2D eigenvalue weighted by molar-refractivity contribution is -0.136. The summed E-state index contributed by atoms with van der Waals surface area (Å²) in [6.07, 6.45) is 5.47. The number of benzene rings is 2. The van der Waals surface area contributed by atoms with Crippen LogP contribution in [0.4, 0.5) is 5.69 Å². The molecule has 2 aromatic rings. The maximum atomic E-state index is 13.1. The third-order valence-electron chi connectivity index (χ3n) is 6.81. The Morgan fingerprint density at radius 3 is 2.36 bits per heavy atom. The van der Waals surface area contributed by atoms with Gasteiger partial charge in [-0.05, 0) is 42.3 Å². The molecule has 2 aromatic carbocycles. The Hall–Kier alpha value is -4.16. The van der Waals surface area contributed by atoms with Gasteiger partial charge in [0.2, 0.25) is 11.8 Å². The van der Waals surface area contributed by atoms with Crippen molar-refractivity contribution in [3.63, 3.8) is 0 Å². The highest BCUT2D eigenvalue weighted by atomic mass is 16.5. The fraction of sp³-hybridized carbons (Fsp3) is 0.333. The number of piperazine rings is 1. The number of carbonyl (C=O) groups is 4. The van der Waals surface area contributed by atoms with Gasteiger partial charge >= 0.3 is 0 Å². The largest absolute Gasteiger partial charge is 0.481 e. The number of imide groups is 2. The van der Waals surface area contributed by atoms with Crippen LogP contribution in [0.3, 0.4) is 0 Å². The van der Waals surface area contributed by atoms with E-state index in [1.807, 2.05) is 30.3 Å². The van der Waals surface area contributed by atoms with Crippen LogP contribution in [0.25, 0.3) is 0 Å². The van der Waals surface area contributed by atoms with Gasteiger partial charge in [-0.2, -0.15) is 0 Å². The molecule has 1 N–H and O–H groups in total. The van der Waals surface area contributed by atoms with Gasteiger partial charge in [-0.15, -0.1) is 6.42 Å². The van der Waals surface area contributed by atoms with Crippen LogP contribution in [0, 0.1) is 12.3 Å². The summed E-state index contributed by atoms with van der Waals surface area (Å²) in [5.41, 5.74) is 2.65. The number of hydrogen-bond donors (Lipinski definition) is 1. The van der Waals surface area contributed by atoms with E-state index in [4.69, 9.17) is 11.2 Å². The fourth-order valence-electron chi connectivity index (χ4n) is 4.89. The lowest BCUT2D eigenvalue weighted by Gasteiger charge is -2.36. The highest BCUT2D eigenvalue weighted by molar-refractivity contribution is 6.23. The molecule has 0 bridgehead atoms. The minimum atomic E-state index is -0.958. The van der Waals surface area contributed by atoms with E-state index < -0.39 is 23.8 Å². The molecule has 2 saturated heterocycles. The van der Waals surface area contributed by atoms with Crippen molar-refractivity contribution in [1.29, 1.82) is 0 Å². The standard InChI is InChI=1S/C27H26N4O5/c1-2-15-36-20-6-3-18(4-7-20)17-29-11-13-30(14-12-29)19-5-8-21-22(16-19)27(35)31(26(21)34)23-9-10-24(32)28-25(23)33/h1,3-8,16,23H,9-15,17H2,(H,28,32,33). The SMILES string of the molecule is C#CCOc1ccc(CN2CCN(c3ccc4c(c3)C(=O)N(C3CCC(=O)NC3=O)C4=O)CC2)cc1. The van der Waals surface area contributed by atoms with Crippen molar-refractivity contribution >= 4 is 29.3 Å². The first-order valence-electron chi connectivity index (χ1n) is 11.9. The van der Waals surface area contributed by atoms with Crippen molar-refractivity contribution in [2.45, 2.75) is 25.4 Å². The number of terminal acetylenes is 1. The van der Waals surface area contributed by atoms with Gasteiger partial charge in [0.15, 0.2) is 0 Å². The number of fused-ring (bicyclic) bond motifs is 1. The van der Waals surface area contributed by atoms with Gasteiger partial charge < -0.3 is 9.64 Å². The second kappa shape index (κ2) is 9.84. The Bertz CT molecular complexity index is 1260. The lowest BCUT2D eigenvalue weighted by Crippen LogP contribution is -2.54. The number of ether oxygens (including phenoxy) is 1. The maximum absolute atomic E-state index is 13.1. The van der Waals surface area contributed by atoms with Crippen molar-refractivity contribution in [2.24, 2.45) is 0 Å². The summed E-state index contributed by atoms with van der Waals surface area (Å²) in [6.45, 7) is 4.33. The zero-order valence-electron chi connectivity index (χ0n) is 19.7. The van der Waals surface area contributed by atoms with Gasteiger partial charge in [0, 0.05) is 44.8 Å². The van der Waals surface area contributed by atoms with E-state index in [9.17, 15) is 19.2 Å². The number of nitrogens with zero attached hydrogens (tertiary/aromatic N) is 3. The van der Waals surface area contributed by atoms with Crippen LogP contribution in [0.5, 0.6) is 5.75 Å². The molecule has 9 heteroatoms. The topological polar surface area (TPSA) is 99.3 Å². The average Bonchev–Trinajstić information content (AvgIpc) is 3.13. The Morgan fingerprint density at radius 1 is 0.944 bits per heavy atom. The predicted molar refractivity (Wildman–Crippen MR) is 131 cm³/mol. The van der Waals surface area contributed by atoms with E-state index in [0.29, 0.717) is 11.1 Å². The molecule has 4 amide bonds. The molecular weight excluding hydrogens is 460 g/mol. The minimum Gasteiger partial charge on any atom is -0.481 e. The molecular formula is C27H26N4O5. The zero-order valence-corrected chi connectivity index (χ0v) is 19.7. The normalized spacial score (nSPS) is 20.2. The monoisotopic (exact) mass is 486 g/mol. The van der Waals surface area contributed by atoms with E-state index in [2.05, 4.69) is 21.0 Å². The fourth-order valence-corrected chi connectivity index (χ4v) is 4.89. The molecule has 2 fully saturated rings. The Labute approximate surface area is 209 Å². The van der Waals surface area contributed by atoms with Crippen LogP contribution >= 0.6 is 0 Å². The summed E-state index contributed by atoms with van der Waals surface area (Å²) in [6, 6.07) is 12.2. The van der Waals surface area contributed by atoms with Gasteiger partial charge in [0.25, 0.3) is 11.8 Å². The van der Waals surface area contributed by atoms with Gasteiger partial charge in [-0.3, -0.25) is 34.3 Å². The van der Waals surface area contributed by atoms with Crippen LogP contribution in [0.15, 0.2) is 42.5 Å². The predicted octanol–water partition coefficient (Wildman–Crippen LogP) is 1.42. The molecule has 36 heavy (non-hydrogen) atoms. The summed E-state index contributed by atoms with van der Waals surface area (Å²) in [5.74, 6) is 1.24. The minimum absolute atomic E-state index is 0.100. The zero-order chi connectivity index (χ0) is 25.2. The molecule has 3 heterocycles. The quantitative estimate of drug-likeness (QED) is 0.487. The molecule has 0 aliphatic carbocycles. The maximum Gasteiger partial charge on any atom is 0.262 e. The molecule has 0 radical (unpaired) electrons. The second-order valence-corrected chi connectivity index (χ2v) is 9.08. The molecule has 3 aliphatic rings. The number of amides is 4. The summed E-state index contributed by atoms with van der Waals surface area (Å²) in [7, 11) is 0. The Morgan fingerprint density at radius 2 is 1.67 bits per heavy atom. The van der Waals surface area contributed by atoms with Crippen LogP contribution in [-0.2, 0) is 16.1 Å². The van der Waals surface area contributed by atoms with E-state index in [1.165, 1.54) is 5.56 Å². The van der Waals surface area contributed by atoms with Gasteiger partial charge in [-0.25, -0.2) is 0 Å². The van der Waals surface area contributed by atoms with Crippen molar-refractivity contribution in [2.75, 3.05) is 37.7 Å². The van der Waals surface area contributed by atoms with Crippen LogP contribution in [0.2, 0.25) is 0 Å². The molecule has 0 saturated carbocycles. The van der Waals surface area contributed by atoms with Gasteiger partial charge in [0.1, 0.15) is 18.4 Å². The second-order valence-electron chi connectivity index (χ2n) is 9.08. The lowest BCUT2D eigenvalue weighted by atomic mass is 10.0. The first kappa shape index (κ1) is 23.6. The Balaban J connectivity index is 1.21. The molecule has 3 aliphatic heterocycles. The van der Waals surface area contributed by atoms with Gasteiger partial charge in [-0.1, -0.05) is 18.1 Å². The van der Waals surface area contributed by atoms with Crippen molar-refractivity contribution in [3.8, 4) is 18.1 Å². The number of rotatable bonds is 6. The third kappa shape index (κ3) is 4.55. The van der Waals surface area contributed by atoms with Crippen LogP contribution < -0.4 is 15.0 Å². The summed E-state index contributed by atoms with van der Waals surface area (Å²) >= 11 is 0. The molecule has 0 spiro atoms. The van der Waals surface area contributed by atoms with Crippen molar-refractivity contribution < 1.29 is 23.9 Å². The van der Waals surface area contributed by atoms with Crippen LogP contribution in [-0.4, -0.2) is 72.3 Å². The summed E-state index contributed by atoms with van der Waals surface area (Å²) in [5, 5.41) is 2.22. The van der Waals surface area contributed by atoms with Crippen LogP contribution in [0.1, 0.15) is 39.1 Å².